The largest absolute Gasteiger partial charge is 0.461 e. The summed E-state index contributed by atoms with van der Waals surface area (Å²) in [5.41, 5.74) is 1.77. The van der Waals surface area contributed by atoms with Crippen molar-refractivity contribution in [2.75, 3.05) is 11.1 Å². The van der Waals surface area contributed by atoms with Gasteiger partial charge in [0.2, 0.25) is 5.91 Å². The van der Waals surface area contributed by atoms with E-state index in [9.17, 15) is 10.1 Å². The van der Waals surface area contributed by atoms with Gasteiger partial charge in [-0.1, -0.05) is 18.2 Å². The van der Waals surface area contributed by atoms with Gasteiger partial charge in [0.1, 0.15) is 11.1 Å². The number of nitrogens with zero attached hydrogens (tertiary/aromatic N) is 4. The third kappa shape index (κ3) is 4.09. The molecule has 29 heavy (non-hydrogen) atoms. The van der Waals surface area contributed by atoms with Crippen molar-refractivity contribution in [3.8, 4) is 17.7 Å². The predicted octanol–water partition coefficient (Wildman–Crippen LogP) is 4.49. The molecule has 3 heterocycles. The van der Waals surface area contributed by atoms with E-state index < -0.39 is 0 Å². The Labute approximate surface area is 177 Å². The van der Waals surface area contributed by atoms with Crippen LogP contribution in [-0.2, 0) is 24.2 Å². The molecule has 0 aliphatic heterocycles. The molecule has 3 aromatic rings. The second kappa shape index (κ2) is 8.84. The van der Waals surface area contributed by atoms with Gasteiger partial charge in [-0.15, -0.1) is 21.5 Å². The Morgan fingerprint density at radius 2 is 2.24 bits per heavy atom. The molecule has 9 heteroatoms. The third-order valence-electron chi connectivity index (χ3n) is 4.89. The Morgan fingerprint density at radius 3 is 3.00 bits per heavy atom. The molecule has 0 aromatic carbocycles. The van der Waals surface area contributed by atoms with Gasteiger partial charge in [0.25, 0.3) is 0 Å². The van der Waals surface area contributed by atoms with Crippen molar-refractivity contribution < 1.29 is 9.21 Å². The quantitative estimate of drug-likeness (QED) is 0.460. The molecule has 0 saturated heterocycles. The number of thiophene rings is 1. The molecular formula is C20H21N5O2S2. The number of carbonyl (C=O) groups is 1. The normalized spacial score (nSPS) is 13.5. The van der Waals surface area contributed by atoms with Crippen molar-refractivity contribution in [2.24, 2.45) is 0 Å². The van der Waals surface area contributed by atoms with E-state index in [1.807, 2.05) is 17.6 Å². The molecule has 0 radical (unpaired) electrons. The van der Waals surface area contributed by atoms with E-state index in [0.717, 1.165) is 31.2 Å². The fourth-order valence-corrected chi connectivity index (χ4v) is 5.57. The fraction of sp³-hybridized carbons (Fsp3) is 0.400. The number of nitriles is 1. The average molecular weight is 428 g/mol. The predicted molar refractivity (Wildman–Crippen MR) is 113 cm³/mol. The zero-order chi connectivity index (χ0) is 20.2. The Bertz CT molecular complexity index is 1050. The van der Waals surface area contributed by atoms with Gasteiger partial charge in [-0.25, -0.2) is 0 Å². The van der Waals surface area contributed by atoms with Crippen molar-refractivity contribution in [3.05, 3.63) is 34.4 Å². The van der Waals surface area contributed by atoms with E-state index >= 15 is 0 Å². The van der Waals surface area contributed by atoms with Crippen LogP contribution in [0.2, 0.25) is 0 Å². The number of thioether (sulfide) groups is 1. The van der Waals surface area contributed by atoms with Crippen molar-refractivity contribution >= 4 is 34.0 Å². The number of anilines is 1. The SMILES string of the molecule is CCn1c(SCC(=O)Nc2sc3c(c2C#N)CCCCC3)nnc1-c1ccco1. The molecule has 0 fully saturated rings. The van der Waals surface area contributed by atoms with Gasteiger partial charge in [0.15, 0.2) is 16.7 Å². The molecule has 0 spiro atoms. The molecule has 4 rings (SSSR count). The van der Waals surface area contributed by atoms with Gasteiger partial charge in [-0.05, 0) is 50.3 Å². The number of aryl methyl sites for hydroxylation is 1. The number of rotatable bonds is 6. The average Bonchev–Trinajstić information content (AvgIpc) is 3.41. The van der Waals surface area contributed by atoms with Gasteiger partial charge in [-0.2, -0.15) is 5.26 Å². The minimum absolute atomic E-state index is 0.145. The summed E-state index contributed by atoms with van der Waals surface area (Å²) < 4.78 is 7.33. The highest BCUT2D eigenvalue weighted by molar-refractivity contribution is 7.99. The van der Waals surface area contributed by atoms with E-state index in [2.05, 4.69) is 21.6 Å². The number of hydrogen-bond acceptors (Lipinski definition) is 7. The molecule has 7 nitrogen and oxygen atoms in total. The Morgan fingerprint density at radius 1 is 1.38 bits per heavy atom. The Kier molecular flexibility index (Phi) is 6.02. The first kappa shape index (κ1) is 19.7. The van der Waals surface area contributed by atoms with Crippen LogP contribution in [0.5, 0.6) is 0 Å². The first-order valence-electron chi connectivity index (χ1n) is 9.65. The van der Waals surface area contributed by atoms with Gasteiger partial charge in [0.05, 0.1) is 17.6 Å². The fourth-order valence-electron chi connectivity index (χ4n) is 3.51. The molecule has 1 aliphatic rings. The molecule has 3 aromatic heterocycles. The molecule has 0 atom stereocenters. The molecular weight excluding hydrogens is 406 g/mol. The number of nitrogens with one attached hydrogen (secondary N) is 1. The number of amides is 1. The highest BCUT2D eigenvalue weighted by Gasteiger charge is 2.22. The van der Waals surface area contributed by atoms with Crippen LogP contribution in [0.3, 0.4) is 0 Å². The standard InChI is InChI=1S/C20H21N5O2S2/c1-2-25-18(15-8-6-10-27-15)23-24-20(25)28-12-17(26)22-19-14(11-21)13-7-4-3-5-9-16(13)29-19/h6,8,10H,2-5,7,9,12H2,1H3,(H,22,26). The second-order valence-electron chi connectivity index (χ2n) is 6.74. The smallest absolute Gasteiger partial charge is 0.235 e. The minimum Gasteiger partial charge on any atom is -0.461 e. The van der Waals surface area contributed by atoms with Gasteiger partial charge >= 0.3 is 0 Å². The van der Waals surface area contributed by atoms with E-state index in [0.29, 0.717) is 33.9 Å². The lowest BCUT2D eigenvalue weighted by Gasteiger charge is -2.06. The van der Waals surface area contributed by atoms with E-state index in [4.69, 9.17) is 4.42 Å². The van der Waals surface area contributed by atoms with Gasteiger partial charge < -0.3 is 9.73 Å². The molecule has 0 unspecified atom stereocenters. The number of fused-ring (bicyclic) bond motifs is 1. The van der Waals surface area contributed by atoms with Crippen LogP contribution in [0.4, 0.5) is 5.00 Å². The molecule has 0 bridgehead atoms. The lowest BCUT2D eigenvalue weighted by atomic mass is 10.1. The lowest BCUT2D eigenvalue weighted by molar-refractivity contribution is -0.113. The Balaban J connectivity index is 1.45. The van der Waals surface area contributed by atoms with E-state index in [1.165, 1.54) is 23.1 Å². The van der Waals surface area contributed by atoms with Gasteiger partial charge in [-0.3, -0.25) is 9.36 Å². The molecule has 1 amide bonds. The molecule has 0 saturated carbocycles. The lowest BCUT2D eigenvalue weighted by Crippen LogP contribution is -2.14. The number of furan rings is 1. The van der Waals surface area contributed by atoms with Crippen LogP contribution in [0.1, 0.15) is 42.2 Å². The maximum Gasteiger partial charge on any atom is 0.235 e. The van der Waals surface area contributed by atoms with Crippen molar-refractivity contribution in [1.82, 2.24) is 14.8 Å². The monoisotopic (exact) mass is 427 g/mol. The van der Waals surface area contributed by atoms with Crippen molar-refractivity contribution in [3.63, 3.8) is 0 Å². The summed E-state index contributed by atoms with van der Waals surface area (Å²) >= 11 is 2.88. The van der Waals surface area contributed by atoms with E-state index in [1.54, 1.807) is 23.7 Å². The summed E-state index contributed by atoms with van der Waals surface area (Å²) in [6.07, 6.45) is 6.96. The van der Waals surface area contributed by atoms with Crippen LogP contribution >= 0.6 is 23.1 Å². The third-order valence-corrected chi connectivity index (χ3v) is 7.07. The second-order valence-corrected chi connectivity index (χ2v) is 8.79. The first-order chi connectivity index (χ1) is 14.2. The zero-order valence-corrected chi connectivity index (χ0v) is 17.7. The topological polar surface area (TPSA) is 96.7 Å². The highest BCUT2D eigenvalue weighted by Crippen LogP contribution is 2.37. The minimum atomic E-state index is -0.145. The highest BCUT2D eigenvalue weighted by atomic mass is 32.2. The van der Waals surface area contributed by atoms with Crippen LogP contribution in [0.15, 0.2) is 28.0 Å². The number of aromatic nitrogens is 3. The van der Waals surface area contributed by atoms with Crippen LogP contribution in [0, 0.1) is 11.3 Å². The summed E-state index contributed by atoms with van der Waals surface area (Å²) in [6.45, 7) is 2.67. The summed E-state index contributed by atoms with van der Waals surface area (Å²) in [4.78, 5) is 13.8. The number of hydrogen-bond donors (Lipinski definition) is 1. The van der Waals surface area contributed by atoms with E-state index in [-0.39, 0.29) is 11.7 Å². The molecule has 1 N–H and O–H groups in total. The van der Waals surface area contributed by atoms with Crippen LogP contribution in [0.25, 0.3) is 11.6 Å². The summed E-state index contributed by atoms with van der Waals surface area (Å²) in [5, 5.41) is 22.3. The first-order valence-corrected chi connectivity index (χ1v) is 11.5. The maximum absolute atomic E-state index is 12.6. The summed E-state index contributed by atoms with van der Waals surface area (Å²) in [7, 11) is 0. The van der Waals surface area contributed by atoms with Crippen molar-refractivity contribution in [2.45, 2.75) is 50.7 Å². The summed E-state index contributed by atoms with van der Waals surface area (Å²) in [6, 6.07) is 5.94. The number of carbonyl (C=O) groups excluding carboxylic acids is 1. The molecule has 1 aliphatic carbocycles. The Hall–Kier alpha value is -2.57. The maximum atomic E-state index is 12.6. The zero-order valence-electron chi connectivity index (χ0n) is 16.1. The van der Waals surface area contributed by atoms with Crippen LogP contribution < -0.4 is 5.32 Å². The van der Waals surface area contributed by atoms with Crippen molar-refractivity contribution in [1.29, 1.82) is 5.26 Å². The van der Waals surface area contributed by atoms with Gasteiger partial charge in [0, 0.05) is 11.4 Å². The van der Waals surface area contributed by atoms with Crippen LogP contribution in [-0.4, -0.2) is 26.4 Å². The summed E-state index contributed by atoms with van der Waals surface area (Å²) in [5.74, 6) is 1.35. The molecule has 150 valence electrons.